The van der Waals surface area contributed by atoms with Gasteiger partial charge in [0, 0.05) is 38.0 Å². The largest absolute Gasteiger partial charge is 0.501 e. The van der Waals surface area contributed by atoms with Crippen LogP contribution in [0.4, 0.5) is 0 Å². The topological polar surface area (TPSA) is 41.6 Å². The number of ether oxygens (including phenoxy) is 1. The van der Waals surface area contributed by atoms with Crippen LogP contribution in [0.1, 0.15) is 31.9 Å². The predicted octanol–water partition coefficient (Wildman–Crippen LogP) is 2.73. The first-order valence-electron chi connectivity index (χ1n) is 7.82. The molecule has 4 heteroatoms. The smallest absolute Gasteiger partial charge is 0.219 e. The average Bonchev–Trinajstić information content (AvgIpc) is 2.55. The molecule has 1 aromatic carbocycles. The molecule has 4 nitrogen and oxygen atoms in total. The van der Waals surface area contributed by atoms with E-state index >= 15 is 0 Å². The summed E-state index contributed by atoms with van der Waals surface area (Å²) < 4.78 is 5.36. The van der Waals surface area contributed by atoms with Crippen LogP contribution in [0, 0.1) is 5.92 Å². The van der Waals surface area contributed by atoms with Gasteiger partial charge in [-0.3, -0.25) is 4.79 Å². The summed E-state index contributed by atoms with van der Waals surface area (Å²) in [6.07, 6.45) is 0.907. The van der Waals surface area contributed by atoms with Crippen molar-refractivity contribution in [1.82, 2.24) is 10.2 Å². The highest BCUT2D eigenvalue weighted by Gasteiger charge is 2.33. The molecule has 1 aromatic rings. The number of piperidine rings is 1. The molecular weight excluding hydrogens is 276 g/mol. The first kappa shape index (κ1) is 16.6. The molecule has 1 aliphatic rings. The number of rotatable bonds is 5. The van der Waals surface area contributed by atoms with Crippen LogP contribution in [0.15, 0.2) is 42.7 Å². The van der Waals surface area contributed by atoms with E-state index in [1.165, 1.54) is 5.56 Å². The van der Waals surface area contributed by atoms with Gasteiger partial charge in [0.25, 0.3) is 0 Å². The molecule has 0 radical (unpaired) electrons. The Morgan fingerprint density at radius 2 is 2.09 bits per heavy atom. The van der Waals surface area contributed by atoms with Gasteiger partial charge in [0.1, 0.15) is 0 Å². The Kier molecular flexibility index (Phi) is 5.61. The molecule has 0 spiro atoms. The van der Waals surface area contributed by atoms with Crippen molar-refractivity contribution in [2.45, 2.75) is 32.4 Å². The van der Waals surface area contributed by atoms with Crippen LogP contribution in [-0.2, 0) is 9.53 Å². The Labute approximate surface area is 133 Å². The summed E-state index contributed by atoms with van der Waals surface area (Å²) in [5.41, 5.74) is 1.26. The van der Waals surface area contributed by atoms with Crippen LogP contribution >= 0.6 is 0 Å². The number of nitrogens with zero attached hydrogens (tertiary/aromatic N) is 1. The van der Waals surface area contributed by atoms with Gasteiger partial charge in [0.15, 0.2) is 0 Å². The fraction of sp³-hybridized carbons (Fsp3) is 0.500. The normalized spacial score (nSPS) is 23.0. The van der Waals surface area contributed by atoms with Gasteiger partial charge in [-0.1, -0.05) is 36.9 Å². The average molecular weight is 302 g/mol. The second kappa shape index (κ2) is 7.45. The Bertz CT molecular complexity index is 515. The summed E-state index contributed by atoms with van der Waals surface area (Å²) >= 11 is 0. The lowest BCUT2D eigenvalue weighted by Crippen LogP contribution is -2.51. The van der Waals surface area contributed by atoms with E-state index in [9.17, 15) is 4.79 Å². The van der Waals surface area contributed by atoms with Gasteiger partial charge in [0.05, 0.1) is 12.9 Å². The van der Waals surface area contributed by atoms with Crippen molar-refractivity contribution in [2.24, 2.45) is 5.92 Å². The SMILES string of the molecule is C=C(OC)[C@@H]1CN(C(C)=O)CCC1N[C@@H](C)c1ccccc1. The number of hydrogen-bond donors (Lipinski definition) is 1. The fourth-order valence-electron chi connectivity index (χ4n) is 3.07. The molecule has 120 valence electrons. The summed E-state index contributed by atoms with van der Waals surface area (Å²) in [5.74, 6) is 0.973. The zero-order chi connectivity index (χ0) is 16.1. The van der Waals surface area contributed by atoms with Crippen molar-refractivity contribution in [3.05, 3.63) is 48.2 Å². The Hall–Kier alpha value is -1.81. The number of amides is 1. The fourth-order valence-corrected chi connectivity index (χ4v) is 3.07. The second-order valence-corrected chi connectivity index (χ2v) is 5.94. The monoisotopic (exact) mass is 302 g/mol. The summed E-state index contributed by atoms with van der Waals surface area (Å²) in [5, 5.41) is 3.68. The zero-order valence-electron chi connectivity index (χ0n) is 13.7. The van der Waals surface area contributed by atoms with Crippen LogP contribution in [-0.4, -0.2) is 37.0 Å². The Morgan fingerprint density at radius 3 is 2.68 bits per heavy atom. The van der Waals surface area contributed by atoms with Gasteiger partial charge in [-0.2, -0.15) is 0 Å². The Balaban J connectivity index is 2.07. The third kappa shape index (κ3) is 3.89. The number of likely N-dealkylation sites (tertiary alicyclic amines) is 1. The third-order valence-corrected chi connectivity index (χ3v) is 4.50. The molecule has 1 aliphatic heterocycles. The lowest BCUT2D eigenvalue weighted by Gasteiger charge is -2.40. The molecule has 0 aliphatic carbocycles. The van der Waals surface area contributed by atoms with E-state index in [1.807, 2.05) is 11.0 Å². The van der Waals surface area contributed by atoms with Gasteiger partial charge < -0.3 is 15.0 Å². The van der Waals surface area contributed by atoms with Crippen molar-refractivity contribution < 1.29 is 9.53 Å². The van der Waals surface area contributed by atoms with Gasteiger partial charge in [-0.05, 0) is 18.9 Å². The molecular formula is C18H26N2O2. The molecule has 1 unspecified atom stereocenters. The van der Waals surface area contributed by atoms with Crippen LogP contribution in [0.2, 0.25) is 0 Å². The molecule has 1 fully saturated rings. The minimum absolute atomic E-state index is 0.114. The predicted molar refractivity (Wildman–Crippen MR) is 88.3 cm³/mol. The van der Waals surface area contributed by atoms with E-state index < -0.39 is 0 Å². The number of carbonyl (C=O) groups is 1. The lowest BCUT2D eigenvalue weighted by molar-refractivity contribution is -0.131. The lowest BCUT2D eigenvalue weighted by atomic mass is 9.89. The summed E-state index contributed by atoms with van der Waals surface area (Å²) in [6.45, 7) is 9.25. The van der Waals surface area contributed by atoms with Gasteiger partial charge in [-0.15, -0.1) is 0 Å². The number of benzene rings is 1. The van der Waals surface area contributed by atoms with Crippen molar-refractivity contribution >= 4 is 5.91 Å². The maximum atomic E-state index is 11.6. The number of carbonyl (C=O) groups excluding carboxylic acids is 1. The second-order valence-electron chi connectivity index (χ2n) is 5.94. The highest BCUT2D eigenvalue weighted by Crippen LogP contribution is 2.26. The van der Waals surface area contributed by atoms with Crippen LogP contribution in [0.3, 0.4) is 0 Å². The molecule has 0 bridgehead atoms. The zero-order valence-corrected chi connectivity index (χ0v) is 13.7. The first-order chi connectivity index (χ1) is 10.5. The highest BCUT2D eigenvalue weighted by molar-refractivity contribution is 5.73. The first-order valence-corrected chi connectivity index (χ1v) is 7.82. The quantitative estimate of drug-likeness (QED) is 0.850. The van der Waals surface area contributed by atoms with Crippen molar-refractivity contribution in [1.29, 1.82) is 0 Å². The molecule has 1 N–H and O–H groups in total. The van der Waals surface area contributed by atoms with Crippen LogP contribution in [0.5, 0.6) is 0 Å². The van der Waals surface area contributed by atoms with E-state index in [-0.39, 0.29) is 23.9 Å². The number of hydrogen-bond acceptors (Lipinski definition) is 3. The summed E-state index contributed by atoms with van der Waals surface area (Å²) in [7, 11) is 1.65. The molecule has 2 rings (SSSR count). The highest BCUT2D eigenvalue weighted by atomic mass is 16.5. The molecule has 1 saturated heterocycles. The minimum Gasteiger partial charge on any atom is -0.501 e. The molecule has 0 aromatic heterocycles. The maximum absolute atomic E-state index is 11.6. The third-order valence-electron chi connectivity index (χ3n) is 4.50. The molecule has 0 saturated carbocycles. The van der Waals surface area contributed by atoms with Crippen LogP contribution < -0.4 is 5.32 Å². The molecule has 1 heterocycles. The van der Waals surface area contributed by atoms with E-state index in [4.69, 9.17) is 4.74 Å². The minimum atomic E-state index is 0.114. The summed E-state index contributed by atoms with van der Waals surface area (Å²) in [6, 6.07) is 10.9. The molecule has 1 amide bonds. The van der Waals surface area contributed by atoms with Crippen molar-refractivity contribution in [3.8, 4) is 0 Å². The number of methoxy groups -OCH3 is 1. The van der Waals surface area contributed by atoms with Crippen molar-refractivity contribution in [3.63, 3.8) is 0 Å². The Morgan fingerprint density at radius 1 is 1.41 bits per heavy atom. The van der Waals surface area contributed by atoms with E-state index in [0.29, 0.717) is 6.54 Å². The summed E-state index contributed by atoms with van der Waals surface area (Å²) in [4.78, 5) is 13.5. The van der Waals surface area contributed by atoms with E-state index in [0.717, 1.165) is 18.7 Å². The van der Waals surface area contributed by atoms with Gasteiger partial charge >= 0.3 is 0 Å². The maximum Gasteiger partial charge on any atom is 0.219 e. The van der Waals surface area contributed by atoms with Gasteiger partial charge in [0.2, 0.25) is 5.91 Å². The molecule has 3 atom stereocenters. The number of nitrogens with one attached hydrogen (secondary N) is 1. The van der Waals surface area contributed by atoms with Crippen LogP contribution in [0.25, 0.3) is 0 Å². The molecule has 22 heavy (non-hydrogen) atoms. The van der Waals surface area contributed by atoms with Gasteiger partial charge in [-0.25, -0.2) is 0 Å². The van der Waals surface area contributed by atoms with Crippen molar-refractivity contribution in [2.75, 3.05) is 20.2 Å². The van der Waals surface area contributed by atoms with E-state index in [2.05, 4.69) is 43.1 Å². The standard InChI is InChI=1S/C18H26N2O2/c1-13(16-8-6-5-7-9-16)19-18-10-11-20(15(3)21)12-17(18)14(2)22-4/h5-9,13,17-19H,2,10-12H2,1,3-4H3/t13-,17-,18?/m0/s1. The van der Waals surface area contributed by atoms with E-state index in [1.54, 1.807) is 14.0 Å².